The van der Waals surface area contributed by atoms with E-state index >= 15 is 0 Å². The van der Waals surface area contributed by atoms with Gasteiger partial charge in [0.05, 0.1) is 11.3 Å². The first kappa shape index (κ1) is 14.6. The van der Waals surface area contributed by atoms with Crippen LogP contribution < -0.4 is 0 Å². The third-order valence-corrected chi connectivity index (χ3v) is 3.44. The van der Waals surface area contributed by atoms with Crippen molar-refractivity contribution in [3.05, 3.63) is 58.4 Å². The summed E-state index contributed by atoms with van der Waals surface area (Å²) in [6.45, 7) is 3.87. The van der Waals surface area contributed by atoms with Gasteiger partial charge in [0.2, 0.25) is 0 Å². The first-order chi connectivity index (χ1) is 9.41. The molecule has 1 aromatic carbocycles. The smallest absolute Gasteiger partial charge is 0.337 e. The fourth-order valence-electron chi connectivity index (χ4n) is 2.18. The molecule has 0 saturated carbocycles. The molecular formula is C15H16ClNO3. The van der Waals surface area contributed by atoms with E-state index in [1.54, 1.807) is 35.0 Å². The van der Waals surface area contributed by atoms with Gasteiger partial charge in [0.1, 0.15) is 6.10 Å². The molecule has 4 nitrogen and oxygen atoms in total. The number of aromatic carboxylic acids is 1. The van der Waals surface area contributed by atoms with Crippen molar-refractivity contribution in [2.75, 3.05) is 0 Å². The van der Waals surface area contributed by atoms with Crippen molar-refractivity contribution in [3.8, 4) is 0 Å². The minimum Gasteiger partial charge on any atom is -0.478 e. The van der Waals surface area contributed by atoms with Crippen LogP contribution in [0, 0.1) is 0 Å². The fraction of sp³-hybridized carbons (Fsp3) is 0.267. The Hall–Kier alpha value is -1.78. The SMILES string of the molecule is CC(C)n1ccc(C(=O)O)c1C(O)c1ccc(Cl)cc1. The lowest BCUT2D eigenvalue weighted by Crippen LogP contribution is -2.14. The third kappa shape index (κ3) is 2.71. The van der Waals surface area contributed by atoms with Crippen LogP contribution in [0.2, 0.25) is 5.02 Å². The lowest BCUT2D eigenvalue weighted by atomic mass is 10.0. The highest BCUT2D eigenvalue weighted by Gasteiger charge is 2.24. The van der Waals surface area contributed by atoms with Crippen molar-refractivity contribution in [2.24, 2.45) is 0 Å². The van der Waals surface area contributed by atoms with Crippen LogP contribution in [0.25, 0.3) is 0 Å². The molecule has 1 heterocycles. The minimum absolute atomic E-state index is 0.0556. The van der Waals surface area contributed by atoms with Gasteiger partial charge in [-0.1, -0.05) is 23.7 Å². The molecule has 2 rings (SSSR count). The molecule has 0 aliphatic rings. The molecule has 106 valence electrons. The number of hydrogen-bond acceptors (Lipinski definition) is 2. The maximum atomic E-state index is 11.3. The summed E-state index contributed by atoms with van der Waals surface area (Å²) in [5.74, 6) is -1.05. The first-order valence-electron chi connectivity index (χ1n) is 6.29. The predicted octanol–water partition coefficient (Wildman–Crippen LogP) is 3.50. The largest absolute Gasteiger partial charge is 0.478 e. The number of carboxylic acids is 1. The summed E-state index contributed by atoms with van der Waals surface area (Å²) in [6, 6.07) is 8.29. The summed E-state index contributed by atoms with van der Waals surface area (Å²) in [5.41, 5.74) is 1.11. The van der Waals surface area contributed by atoms with Crippen molar-refractivity contribution >= 4 is 17.6 Å². The summed E-state index contributed by atoms with van der Waals surface area (Å²) in [4.78, 5) is 11.3. The number of aromatic nitrogens is 1. The Morgan fingerprint density at radius 1 is 1.20 bits per heavy atom. The highest BCUT2D eigenvalue weighted by Crippen LogP contribution is 2.29. The van der Waals surface area contributed by atoms with E-state index in [4.69, 9.17) is 11.6 Å². The van der Waals surface area contributed by atoms with Gasteiger partial charge < -0.3 is 14.8 Å². The monoisotopic (exact) mass is 293 g/mol. The van der Waals surface area contributed by atoms with Crippen LogP contribution in [0.3, 0.4) is 0 Å². The zero-order valence-electron chi connectivity index (χ0n) is 11.2. The lowest BCUT2D eigenvalue weighted by molar-refractivity contribution is 0.0690. The van der Waals surface area contributed by atoms with Crippen LogP contribution in [0.1, 0.15) is 47.6 Å². The second-order valence-electron chi connectivity index (χ2n) is 4.87. The predicted molar refractivity (Wildman–Crippen MR) is 77.3 cm³/mol. The number of halogens is 1. The molecule has 0 aliphatic carbocycles. The van der Waals surface area contributed by atoms with E-state index in [2.05, 4.69) is 0 Å². The molecule has 1 unspecified atom stereocenters. The number of benzene rings is 1. The standard InChI is InChI=1S/C15H16ClNO3/c1-9(2)17-8-7-12(15(19)20)13(17)14(18)10-3-5-11(16)6-4-10/h3-9,14,18H,1-2H3,(H,19,20). The van der Waals surface area contributed by atoms with Crippen LogP contribution in [0.15, 0.2) is 36.5 Å². The molecule has 2 aromatic rings. The van der Waals surface area contributed by atoms with Crippen LogP contribution in [-0.4, -0.2) is 20.7 Å². The number of nitrogens with zero attached hydrogens (tertiary/aromatic N) is 1. The van der Waals surface area contributed by atoms with E-state index in [1.807, 2.05) is 13.8 Å². The molecule has 0 amide bonds. The Kier molecular flexibility index (Phi) is 4.16. The molecule has 5 heteroatoms. The number of carbonyl (C=O) groups is 1. The van der Waals surface area contributed by atoms with E-state index in [1.165, 1.54) is 6.07 Å². The number of aliphatic hydroxyl groups is 1. The van der Waals surface area contributed by atoms with E-state index in [-0.39, 0.29) is 11.6 Å². The van der Waals surface area contributed by atoms with Crippen molar-refractivity contribution in [3.63, 3.8) is 0 Å². The average Bonchev–Trinajstić information content (AvgIpc) is 2.83. The van der Waals surface area contributed by atoms with E-state index in [9.17, 15) is 15.0 Å². The maximum absolute atomic E-state index is 11.3. The molecule has 0 saturated heterocycles. The Morgan fingerprint density at radius 3 is 2.30 bits per heavy atom. The molecule has 1 aromatic heterocycles. The van der Waals surface area contributed by atoms with Crippen LogP contribution >= 0.6 is 11.6 Å². The van der Waals surface area contributed by atoms with E-state index < -0.39 is 12.1 Å². The number of hydrogen-bond donors (Lipinski definition) is 2. The van der Waals surface area contributed by atoms with Gasteiger partial charge in [-0.05, 0) is 37.6 Å². The van der Waals surface area contributed by atoms with Crippen molar-refractivity contribution in [2.45, 2.75) is 26.0 Å². The summed E-state index contributed by atoms with van der Waals surface area (Å²) >= 11 is 5.82. The van der Waals surface area contributed by atoms with Gasteiger partial charge >= 0.3 is 5.97 Å². The van der Waals surface area contributed by atoms with Gasteiger partial charge in [-0.2, -0.15) is 0 Å². The zero-order valence-corrected chi connectivity index (χ0v) is 12.0. The van der Waals surface area contributed by atoms with Crippen molar-refractivity contribution in [1.82, 2.24) is 4.57 Å². The Bertz CT molecular complexity index is 617. The van der Waals surface area contributed by atoms with Crippen LogP contribution in [-0.2, 0) is 0 Å². The highest BCUT2D eigenvalue weighted by atomic mass is 35.5. The van der Waals surface area contributed by atoms with Gasteiger partial charge in [-0.25, -0.2) is 4.79 Å². The minimum atomic E-state index is -1.05. The molecular weight excluding hydrogens is 278 g/mol. The van der Waals surface area contributed by atoms with Crippen LogP contribution in [0.5, 0.6) is 0 Å². The second-order valence-corrected chi connectivity index (χ2v) is 5.31. The van der Waals surface area contributed by atoms with Crippen molar-refractivity contribution < 1.29 is 15.0 Å². The Labute approximate surface area is 122 Å². The van der Waals surface area contributed by atoms with Gasteiger partial charge in [-0.3, -0.25) is 0 Å². The molecule has 0 radical (unpaired) electrons. The number of rotatable bonds is 4. The van der Waals surface area contributed by atoms with Gasteiger partial charge in [0.25, 0.3) is 0 Å². The first-order valence-corrected chi connectivity index (χ1v) is 6.67. The molecule has 0 spiro atoms. The molecule has 2 N–H and O–H groups in total. The summed E-state index contributed by atoms with van der Waals surface area (Å²) in [5, 5.41) is 20.3. The molecule has 1 atom stereocenters. The van der Waals surface area contributed by atoms with Crippen LogP contribution in [0.4, 0.5) is 0 Å². The highest BCUT2D eigenvalue weighted by molar-refractivity contribution is 6.30. The quantitative estimate of drug-likeness (QED) is 0.907. The normalized spacial score (nSPS) is 12.7. The molecule has 0 fully saturated rings. The Balaban J connectivity index is 2.52. The summed E-state index contributed by atoms with van der Waals surface area (Å²) in [7, 11) is 0. The number of aliphatic hydroxyl groups excluding tert-OH is 1. The molecule has 0 bridgehead atoms. The Morgan fingerprint density at radius 2 is 1.80 bits per heavy atom. The van der Waals surface area contributed by atoms with Gasteiger partial charge in [-0.15, -0.1) is 0 Å². The van der Waals surface area contributed by atoms with Gasteiger partial charge in [0.15, 0.2) is 0 Å². The average molecular weight is 294 g/mol. The second kappa shape index (κ2) is 5.69. The molecule has 0 aliphatic heterocycles. The summed E-state index contributed by atoms with van der Waals surface area (Å²) in [6.07, 6.45) is 0.679. The number of carboxylic acid groups (broad SMARTS) is 1. The van der Waals surface area contributed by atoms with E-state index in [0.717, 1.165) is 0 Å². The third-order valence-electron chi connectivity index (χ3n) is 3.19. The topological polar surface area (TPSA) is 62.5 Å². The zero-order chi connectivity index (χ0) is 14.9. The lowest BCUT2D eigenvalue weighted by Gasteiger charge is -2.19. The molecule has 20 heavy (non-hydrogen) atoms. The fourth-order valence-corrected chi connectivity index (χ4v) is 2.31. The maximum Gasteiger partial charge on any atom is 0.337 e. The van der Waals surface area contributed by atoms with Crippen molar-refractivity contribution in [1.29, 1.82) is 0 Å². The summed E-state index contributed by atoms with van der Waals surface area (Å²) < 4.78 is 1.77. The van der Waals surface area contributed by atoms with Gasteiger partial charge in [0, 0.05) is 17.3 Å². The van der Waals surface area contributed by atoms with E-state index in [0.29, 0.717) is 16.3 Å².